The van der Waals surface area contributed by atoms with Gasteiger partial charge in [-0.1, -0.05) is 12.1 Å². The first-order chi connectivity index (χ1) is 15.3. The number of nitrogens with zero attached hydrogens (tertiary/aromatic N) is 1. The van der Waals surface area contributed by atoms with Gasteiger partial charge < -0.3 is 19.7 Å². The SMILES string of the molecule is CCn1c(C(=O)NC(c2cccc(C(F)(F)F)c2)C(F)(F)F)cc2cc(OC(=O)O)ccc21. The number of rotatable bonds is 5. The van der Waals surface area contributed by atoms with Crippen molar-refractivity contribution in [1.29, 1.82) is 0 Å². The summed E-state index contributed by atoms with van der Waals surface area (Å²) in [5, 5.41) is 10.8. The Morgan fingerprint density at radius 2 is 1.76 bits per heavy atom. The topological polar surface area (TPSA) is 80.6 Å². The molecule has 1 unspecified atom stereocenters. The second kappa shape index (κ2) is 8.68. The van der Waals surface area contributed by atoms with Gasteiger partial charge in [-0.25, -0.2) is 4.79 Å². The Kier molecular flexibility index (Phi) is 6.30. The quantitative estimate of drug-likeness (QED) is 0.280. The van der Waals surface area contributed by atoms with Crippen LogP contribution in [0.15, 0.2) is 48.5 Å². The van der Waals surface area contributed by atoms with Crippen LogP contribution >= 0.6 is 0 Å². The van der Waals surface area contributed by atoms with Gasteiger partial charge in [0.15, 0.2) is 6.04 Å². The van der Waals surface area contributed by atoms with Crippen LogP contribution in [-0.4, -0.2) is 27.9 Å². The molecule has 1 atom stereocenters. The van der Waals surface area contributed by atoms with Crippen LogP contribution in [0.25, 0.3) is 10.9 Å². The van der Waals surface area contributed by atoms with Gasteiger partial charge >= 0.3 is 18.5 Å². The fraction of sp³-hybridized carbons (Fsp3) is 0.238. The molecule has 3 rings (SSSR count). The van der Waals surface area contributed by atoms with Crippen LogP contribution in [0.1, 0.15) is 34.6 Å². The Morgan fingerprint density at radius 3 is 2.33 bits per heavy atom. The zero-order valence-electron chi connectivity index (χ0n) is 16.8. The normalized spacial score (nSPS) is 13.1. The number of carboxylic acid groups (broad SMARTS) is 1. The Morgan fingerprint density at radius 1 is 1.06 bits per heavy atom. The molecule has 0 fully saturated rings. The molecule has 0 aliphatic rings. The summed E-state index contributed by atoms with van der Waals surface area (Å²) >= 11 is 0. The monoisotopic (exact) mass is 474 g/mol. The van der Waals surface area contributed by atoms with E-state index in [-0.39, 0.29) is 18.0 Å². The number of fused-ring (bicyclic) bond motifs is 1. The van der Waals surface area contributed by atoms with Gasteiger partial charge in [0.1, 0.15) is 11.4 Å². The highest BCUT2D eigenvalue weighted by atomic mass is 19.4. The number of ether oxygens (including phenoxy) is 1. The van der Waals surface area contributed by atoms with Gasteiger partial charge in [0.2, 0.25) is 0 Å². The summed E-state index contributed by atoms with van der Waals surface area (Å²) in [5.74, 6) is -1.24. The smallest absolute Gasteiger partial charge is 0.449 e. The van der Waals surface area contributed by atoms with Crippen molar-refractivity contribution in [2.45, 2.75) is 31.9 Å². The van der Waals surface area contributed by atoms with Gasteiger partial charge in [-0.2, -0.15) is 26.3 Å². The minimum atomic E-state index is -5.08. The number of hydrogen-bond acceptors (Lipinski definition) is 3. The van der Waals surface area contributed by atoms with Crippen LogP contribution < -0.4 is 10.1 Å². The maximum absolute atomic E-state index is 13.7. The van der Waals surface area contributed by atoms with Crippen molar-refractivity contribution >= 4 is 23.0 Å². The third-order valence-electron chi connectivity index (χ3n) is 4.78. The Bertz CT molecular complexity index is 1200. The number of halogens is 6. The largest absolute Gasteiger partial charge is 0.511 e. The van der Waals surface area contributed by atoms with Crippen molar-refractivity contribution in [2.75, 3.05) is 0 Å². The van der Waals surface area contributed by atoms with Crippen molar-refractivity contribution in [2.24, 2.45) is 0 Å². The van der Waals surface area contributed by atoms with E-state index >= 15 is 0 Å². The third-order valence-corrected chi connectivity index (χ3v) is 4.78. The molecule has 0 saturated heterocycles. The lowest BCUT2D eigenvalue weighted by atomic mass is 10.0. The number of aromatic nitrogens is 1. The minimum Gasteiger partial charge on any atom is -0.449 e. The molecule has 6 nitrogen and oxygen atoms in total. The molecule has 33 heavy (non-hydrogen) atoms. The highest BCUT2D eigenvalue weighted by molar-refractivity contribution is 5.99. The number of amides is 1. The molecule has 2 aromatic carbocycles. The summed E-state index contributed by atoms with van der Waals surface area (Å²) < 4.78 is 85.9. The lowest BCUT2D eigenvalue weighted by Gasteiger charge is -2.23. The number of alkyl halides is 6. The average Bonchev–Trinajstić information content (AvgIpc) is 3.08. The van der Waals surface area contributed by atoms with Crippen LogP contribution in [0.5, 0.6) is 5.75 Å². The van der Waals surface area contributed by atoms with Crippen LogP contribution in [0, 0.1) is 0 Å². The maximum atomic E-state index is 13.7. The zero-order valence-corrected chi connectivity index (χ0v) is 16.8. The first-order valence-corrected chi connectivity index (χ1v) is 9.40. The summed E-state index contributed by atoms with van der Waals surface area (Å²) in [6.45, 7) is 1.80. The van der Waals surface area contributed by atoms with Gasteiger partial charge in [0.25, 0.3) is 5.91 Å². The van der Waals surface area contributed by atoms with Crippen molar-refractivity contribution < 1.29 is 45.8 Å². The first-order valence-electron chi connectivity index (χ1n) is 9.40. The Labute approximate surface area is 182 Å². The second-order valence-corrected chi connectivity index (χ2v) is 6.93. The summed E-state index contributed by atoms with van der Waals surface area (Å²) in [7, 11) is 0. The maximum Gasteiger partial charge on any atom is 0.511 e. The molecule has 176 valence electrons. The Balaban J connectivity index is 2.00. The predicted molar refractivity (Wildman–Crippen MR) is 104 cm³/mol. The average molecular weight is 474 g/mol. The number of hydrogen-bond donors (Lipinski definition) is 2. The number of carbonyl (C=O) groups is 2. The van der Waals surface area contributed by atoms with E-state index in [1.807, 2.05) is 0 Å². The van der Waals surface area contributed by atoms with Crippen molar-refractivity contribution in [3.05, 3.63) is 65.4 Å². The van der Waals surface area contributed by atoms with E-state index in [0.717, 1.165) is 12.1 Å². The van der Waals surface area contributed by atoms with Gasteiger partial charge in [-0.3, -0.25) is 4.79 Å². The highest BCUT2D eigenvalue weighted by Gasteiger charge is 2.43. The van der Waals surface area contributed by atoms with E-state index in [4.69, 9.17) is 5.11 Å². The first kappa shape index (κ1) is 24.0. The van der Waals surface area contributed by atoms with E-state index < -0.39 is 41.6 Å². The van der Waals surface area contributed by atoms with E-state index in [1.165, 1.54) is 28.8 Å². The molecule has 1 aromatic heterocycles. The molecule has 0 bridgehead atoms. The molecule has 12 heteroatoms. The molecule has 0 aliphatic carbocycles. The predicted octanol–water partition coefficient (Wildman–Crippen LogP) is 5.77. The summed E-state index contributed by atoms with van der Waals surface area (Å²) in [6, 6.07) is 5.22. The highest BCUT2D eigenvalue weighted by Crippen LogP contribution is 2.36. The van der Waals surface area contributed by atoms with Gasteiger partial charge in [0, 0.05) is 17.4 Å². The molecular weight excluding hydrogens is 458 g/mol. The number of carbonyl (C=O) groups excluding carboxylic acids is 1. The lowest BCUT2D eigenvalue weighted by molar-refractivity contribution is -0.156. The van der Waals surface area contributed by atoms with Crippen LogP contribution in [-0.2, 0) is 12.7 Å². The molecular formula is C21H16F6N2O4. The molecule has 3 aromatic rings. The summed E-state index contributed by atoms with van der Waals surface area (Å²) in [6.07, 6.45) is -11.5. The molecule has 1 heterocycles. The Hall–Kier alpha value is -3.70. The van der Waals surface area contributed by atoms with Crippen molar-refractivity contribution in [3.8, 4) is 5.75 Å². The summed E-state index contributed by atoms with van der Waals surface area (Å²) in [4.78, 5) is 23.5. The molecule has 0 radical (unpaired) electrons. The molecule has 1 amide bonds. The van der Waals surface area contributed by atoms with Crippen LogP contribution in [0.4, 0.5) is 31.1 Å². The van der Waals surface area contributed by atoms with Gasteiger partial charge in [0.05, 0.1) is 5.56 Å². The standard InChI is InChI=1S/C21H16F6N2O4/c1-2-29-15-7-6-14(33-19(31)32)9-12(15)10-16(29)18(30)28-17(21(25,26)27)11-4-3-5-13(8-11)20(22,23)24/h3-10,17H,2H2,1H3,(H,28,30)(H,31,32). The van der Waals surface area contributed by atoms with Crippen molar-refractivity contribution in [3.63, 3.8) is 0 Å². The molecule has 0 saturated carbocycles. The lowest BCUT2D eigenvalue weighted by Crippen LogP contribution is -2.39. The zero-order chi connectivity index (χ0) is 24.6. The molecule has 0 spiro atoms. The van der Waals surface area contributed by atoms with Crippen molar-refractivity contribution in [1.82, 2.24) is 9.88 Å². The number of nitrogens with one attached hydrogen (secondary N) is 1. The molecule has 0 aliphatic heterocycles. The van der Waals surface area contributed by atoms with Gasteiger partial charge in [-0.15, -0.1) is 0 Å². The molecule has 2 N–H and O–H groups in total. The third kappa shape index (κ3) is 5.21. The van der Waals surface area contributed by atoms with E-state index in [9.17, 15) is 35.9 Å². The van der Waals surface area contributed by atoms with Gasteiger partial charge in [-0.05, 0) is 48.9 Å². The number of aryl methyl sites for hydroxylation is 1. The van der Waals surface area contributed by atoms with Crippen LogP contribution in [0.2, 0.25) is 0 Å². The summed E-state index contributed by atoms with van der Waals surface area (Å²) in [5.41, 5.74) is -1.83. The van der Waals surface area contributed by atoms with E-state index in [0.29, 0.717) is 23.0 Å². The second-order valence-electron chi connectivity index (χ2n) is 6.93. The van der Waals surface area contributed by atoms with E-state index in [2.05, 4.69) is 4.74 Å². The fourth-order valence-electron chi connectivity index (χ4n) is 3.40. The fourth-order valence-corrected chi connectivity index (χ4v) is 3.40. The number of benzene rings is 2. The minimum absolute atomic E-state index is 0.0626. The van der Waals surface area contributed by atoms with E-state index in [1.54, 1.807) is 12.2 Å². The van der Waals surface area contributed by atoms with Crippen LogP contribution in [0.3, 0.4) is 0 Å².